The summed E-state index contributed by atoms with van der Waals surface area (Å²) >= 11 is 6.48. The highest BCUT2D eigenvalue weighted by Crippen LogP contribution is 2.37. The molecule has 0 unspecified atom stereocenters. The maximum Gasteiger partial charge on any atom is 0.256 e. The molecule has 4 rings (SSSR count). The van der Waals surface area contributed by atoms with Crippen molar-refractivity contribution < 1.29 is 9.53 Å². The monoisotopic (exact) mass is 489 g/mol. The largest absolute Gasteiger partial charge is 0.480 e. The van der Waals surface area contributed by atoms with Gasteiger partial charge in [-0.1, -0.05) is 29.7 Å². The summed E-state index contributed by atoms with van der Waals surface area (Å²) in [4.78, 5) is 23.7. The summed E-state index contributed by atoms with van der Waals surface area (Å²) in [5.74, 6) is 2.67. The number of amides is 1. The van der Waals surface area contributed by atoms with Crippen LogP contribution in [0.4, 0.5) is 11.6 Å². The molecule has 8 heteroatoms. The third-order valence-corrected chi connectivity index (χ3v) is 6.72. The van der Waals surface area contributed by atoms with E-state index < -0.39 is 5.91 Å². The second-order valence-corrected chi connectivity index (χ2v) is 9.13. The van der Waals surface area contributed by atoms with Crippen molar-refractivity contribution in [2.24, 2.45) is 5.73 Å². The third-order valence-electron chi connectivity index (χ3n) is 6.41. The van der Waals surface area contributed by atoms with Gasteiger partial charge in [-0.3, -0.25) is 4.79 Å². The average molecular weight is 490 g/mol. The number of anilines is 2. The van der Waals surface area contributed by atoms with Crippen LogP contribution < -0.4 is 15.8 Å². The number of nitrogens with one attached hydrogen (secondary N) is 1. The molecule has 1 fully saturated rings. The molecule has 2 aromatic carbocycles. The Morgan fingerprint density at radius 2 is 2.00 bits per heavy atom. The van der Waals surface area contributed by atoms with Gasteiger partial charge in [-0.25, -0.2) is 4.98 Å². The molecule has 0 radical (unpaired) electrons. The molecule has 1 amide bonds. The number of methoxy groups -OCH3 is 1. The molecule has 0 aliphatic carbocycles. The topological polar surface area (TPSA) is 93.4 Å². The maximum atomic E-state index is 12.4. The molecule has 1 saturated heterocycles. The number of piperidine rings is 1. The number of carbonyl (C=O) groups excluding carboxylic acids is 1. The minimum absolute atomic E-state index is 0.0106. The number of rotatable bonds is 6. The van der Waals surface area contributed by atoms with Gasteiger partial charge in [0, 0.05) is 16.8 Å². The predicted octanol–water partition coefficient (Wildman–Crippen LogP) is 4.75. The van der Waals surface area contributed by atoms with Crippen LogP contribution in [0.15, 0.2) is 36.4 Å². The van der Waals surface area contributed by atoms with Crippen LogP contribution in [-0.2, 0) is 0 Å². The number of nitrogens with two attached hydrogens (primary N) is 1. The van der Waals surface area contributed by atoms with Crippen LogP contribution in [0.25, 0.3) is 11.3 Å². The standard InChI is InChI=1S/C27H28ClN5O2/c1-5-17-7-6-8-21(28)22(17)24-23(25(29)34)26(35-4)32-27(31-24)30-19-9-10-20(16(2)15-19)18-11-13-33(3)14-12-18/h1,6-10,15,18H,11-14H2,2-4H3,(H2,29,34)(H,30,31,32). The molecule has 1 aromatic heterocycles. The molecule has 1 aliphatic rings. The Balaban J connectivity index is 1.74. The quantitative estimate of drug-likeness (QED) is 0.485. The first-order valence-corrected chi connectivity index (χ1v) is 11.8. The lowest BCUT2D eigenvalue weighted by Crippen LogP contribution is -2.29. The van der Waals surface area contributed by atoms with Crippen molar-refractivity contribution in [1.29, 1.82) is 0 Å². The van der Waals surface area contributed by atoms with Crippen molar-refractivity contribution in [3.63, 3.8) is 0 Å². The van der Waals surface area contributed by atoms with Gasteiger partial charge in [0.05, 0.1) is 17.8 Å². The number of terminal acetylenes is 1. The Morgan fingerprint density at radius 1 is 1.26 bits per heavy atom. The second kappa shape index (κ2) is 10.3. The van der Waals surface area contributed by atoms with Crippen molar-refractivity contribution in [1.82, 2.24) is 14.9 Å². The van der Waals surface area contributed by atoms with Crippen LogP contribution in [0.1, 0.15) is 45.8 Å². The van der Waals surface area contributed by atoms with E-state index in [4.69, 9.17) is 28.5 Å². The number of nitrogens with zero attached hydrogens (tertiary/aromatic N) is 3. The van der Waals surface area contributed by atoms with E-state index >= 15 is 0 Å². The first-order chi connectivity index (χ1) is 16.8. The van der Waals surface area contributed by atoms with Gasteiger partial charge in [-0.2, -0.15) is 4.98 Å². The molecule has 35 heavy (non-hydrogen) atoms. The van der Waals surface area contributed by atoms with Crippen molar-refractivity contribution in [3.05, 3.63) is 63.7 Å². The minimum Gasteiger partial charge on any atom is -0.480 e. The van der Waals surface area contributed by atoms with E-state index in [9.17, 15) is 4.79 Å². The molecule has 3 aromatic rings. The SMILES string of the molecule is C#Cc1cccc(Cl)c1-c1nc(Nc2ccc(C3CCN(C)CC3)c(C)c2)nc(OC)c1C(N)=O. The smallest absolute Gasteiger partial charge is 0.256 e. The number of primary amides is 1. The van der Waals surface area contributed by atoms with Crippen LogP contribution in [0.2, 0.25) is 5.02 Å². The van der Waals surface area contributed by atoms with Gasteiger partial charge in [0.1, 0.15) is 5.56 Å². The summed E-state index contributed by atoms with van der Waals surface area (Å²) in [7, 11) is 3.58. The summed E-state index contributed by atoms with van der Waals surface area (Å²) < 4.78 is 5.40. The van der Waals surface area contributed by atoms with Crippen LogP contribution in [0, 0.1) is 19.3 Å². The van der Waals surface area contributed by atoms with Crippen LogP contribution >= 0.6 is 11.6 Å². The third kappa shape index (κ3) is 5.09. The lowest BCUT2D eigenvalue weighted by molar-refractivity contribution is 0.0997. The van der Waals surface area contributed by atoms with E-state index in [0.717, 1.165) is 31.6 Å². The van der Waals surface area contributed by atoms with Gasteiger partial charge < -0.3 is 20.7 Å². The number of halogens is 1. The molecule has 2 heterocycles. The van der Waals surface area contributed by atoms with E-state index in [0.29, 0.717) is 22.1 Å². The lowest BCUT2D eigenvalue weighted by atomic mass is 9.87. The fourth-order valence-electron chi connectivity index (χ4n) is 4.59. The Labute approximate surface area is 210 Å². The van der Waals surface area contributed by atoms with E-state index in [-0.39, 0.29) is 23.1 Å². The summed E-state index contributed by atoms with van der Waals surface area (Å²) in [6.07, 6.45) is 8.00. The molecular formula is C27H28ClN5O2. The van der Waals surface area contributed by atoms with E-state index in [1.165, 1.54) is 18.2 Å². The first-order valence-electron chi connectivity index (χ1n) is 11.4. The molecular weight excluding hydrogens is 462 g/mol. The van der Waals surface area contributed by atoms with Crippen LogP contribution in [0.3, 0.4) is 0 Å². The van der Waals surface area contributed by atoms with Gasteiger partial charge >= 0.3 is 0 Å². The van der Waals surface area contributed by atoms with Crippen molar-refractivity contribution >= 4 is 29.1 Å². The van der Waals surface area contributed by atoms with Crippen LogP contribution in [0.5, 0.6) is 5.88 Å². The van der Waals surface area contributed by atoms with Crippen LogP contribution in [-0.4, -0.2) is 48.0 Å². The maximum absolute atomic E-state index is 12.4. The minimum atomic E-state index is -0.746. The Kier molecular flexibility index (Phi) is 7.25. The molecule has 7 nitrogen and oxygen atoms in total. The fourth-order valence-corrected chi connectivity index (χ4v) is 4.86. The molecule has 0 bridgehead atoms. The zero-order valence-corrected chi connectivity index (χ0v) is 20.8. The van der Waals surface area contributed by atoms with Gasteiger partial charge in [-0.15, -0.1) is 6.42 Å². The Bertz CT molecular complexity index is 1310. The summed E-state index contributed by atoms with van der Waals surface area (Å²) in [5, 5.41) is 3.57. The van der Waals surface area contributed by atoms with Gasteiger partial charge in [0.25, 0.3) is 5.91 Å². The highest BCUT2D eigenvalue weighted by atomic mass is 35.5. The fraction of sp³-hybridized carbons (Fsp3) is 0.296. The molecule has 3 N–H and O–H groups in total. The number of aromatic nitrogens is 2. The molecule has 180 valence electrons. The number of hydrogen-bond acceptors (Lipinski definition) is 6. The van der Waals surface area contributed by atoms with E-state index in [1.807, 2.05) is 6.07 Å². The summed E-state index contributed by atoms with van der Waals surface area (Å²) in [6.45, 7) is 4.33. The summed E-state index contributed by atoms with van der Waals surface area (Å²) in [5.41, 5.74) is 10.2. The van der Waals surface area contributed by atoms with Gasteiger partial charge in [0.2, 0.25) is 11.8 Å². The zero-order valence-electron chi connectivity index (χ0n) is 20.1. The van der Waals surface area contributed by atoms with Crippen molar-refractivity contribution in [3.8, 4) is 29.5 Å². The molecule has 0 spiro atoms. The number of carbonyl (C=O) groups is 1. The highest BCUT2D eigenvalue weighted by Gasteiger charge is 2.25. The van der Waals surface area contributed by atoms with E-state index in [2.05, 4.69) is 52.2 Å². The zero-order chi connectivity index (χ0) is 25.1. The first kappa shape index (κ1) is 24.5. The van der Waals surface area contributed by atoms with Gasteiger partial charge in [0.15, 0.2) is 0 Å². The Morgan fingerprint density at radius 3 is 2.63 bits per heavy atom. The Hall–Kier alpha value is -3.60. The second-order valence-electron chi connectivity index (χ2n) is 8.72. The van der Waals surface area contributed by atoms with Gasteiger partial charge in [-0.05, 0) is 81.2 Å². The van der Waals surface area contributed by atoms with E-state index in [1.54, 1.807) is 18.2 Å². The van der Waals surface area contributed by atoms with Crippen molar-refractivity contribution in [2.75, 3.05) is 32.6 Å². The number of likely N-dealkylation sites (tertiary alicyclic amines) is 1. The highest BCUT2D eigenvalue weighted by molar-refractivity contribution is 6.33. The molecule has 1 aliphatic heterocycles. The molecule has 0 atom stereocenters. The number of ether oxygens (including phenoxy) is 1. The van der Waals surface area contributed by atoms with Crippen molar-refractivity contribution in [2.45, 2.75) is 25.7 Å². The normalized spacial score (nSPS) is 14.4. The lowest BCUT2D eigenvalue weighted by Gasteiger charge is -2.30. The predicted molar refractivity (Wildman–Crippen MR) is 139 cm³/mol. The number of aryl methyl sites for hydroxylation is 1. The average Bonchev–Trinajstić information content (AvgIpc) is 2.84. The molecule has 0 saturated carbocycles. The summed E-state index contributed by atoms with van der Waals surface area (Å²) in [6, 6.07) is 11.4. The number of hydrogen-bond donors (Lipinski definition) is 2. The number of benzene rings is 2.